The molecule has 0 saturated heterocycles. The first-order valence-electron chi connectivity index (χ1n) is 6.10. The zero-order valence-electron chi connectivity index (χ0n) is 11.0. The zero-order valence-corrected chi connectivity index (χ0v) is 11.0. The monoisotopic (exact) mass is 254 g/mol. The highest BCUT2D eigenvalue weighted by Gasteiger charge is 2.06. The summed E-state index contributed by atoms with van der Waals surface area (Å²) in [6.07, 6.45) is 0. The van der Waals surface area contributed by atoms with Crippen molar-refractivity contribution in [3.63, 3.8) is 0 Å². The number of nitriles is 1. The van der Waals surface area contributed by atoms with Crippen molar-refractivity contribution >= 4 is 5.69 Å². The molecule has 0 spiro atoms. The van der Waals surface area contributed by atoms with Crippen LogP contribution in [0.5, 0.6) is 0 Å². The second-order valence-electron chi connectivity index (χ2n) is 4.56. The van der Waals surface area contributed by atoms with Crippen LogP contribution >= 0.6 is 0 Å². The molecule has 0 heterocycles. The topological polar surface area (TPSA) is 35.8 Å². The van der Waals surface area contributed by atoms with Crippen LogP contribution < -0.4 is 5.32 Å². The second kappa shape index (κ2) is 5.53. The van der Waals surface area contributed by atoms with Crippen LogP contribution in [0, 0.1) is 31.0 Å². The van der Waals surface area contributed by atoms with Gasteiger partial charge in [0.05, 0.1) is 11.3 Å². The quantitative estimate of drug-likeness (QED) is 0.900. The Hall–Kier alpha value is -2.34. The molecular formula is C16H15FN2. The normalized spacial score (nSPS) is 10.0. The standard InChI is InChI=1S/C16H15FN2/c1-11-6-7-15(17)13(8-11)10-19-16-5-3-4-12(2)14(16)9-18/h3-8,19H,10H2,1-2H3. The Kier molecular flexibility index (Phi) is 3.82. The number of benzene rings is 2. The van der Waals surface area contributed by atoms with Crippen molar-refractivity contribution < 1.29 is 4.39 Å². The maximum absolute atomic E-state index is 13.6. The predicted molar refractivity (Wildman–Crippen MR) is 74.4 cm³/mol. The van der Waals surface area contributed by atoms with Crippen molar-refractivity contribution in [2.45, 2.75) is 20.4 Å². The van der Waals surface area contributed by atoms with Crippen molar-refractivity contribution in [2.24, 2.45) is 0 Å². The summed E-state index contributed by atoms with van der Waals surface area (Å²) in [5.74, 6) is -0.232. The Morgan fingerprint density at radius 1 is 1.21 bits per heavy atom. The number of aryl methyl sites for hydroxylation is 2. The third kappa shape index (κ3) is 2.92. The van der Waals surface area contributed by atoms with Gasteiger partial charge in [0, 0.05) is 12.1 Å². The van der Waals surface area contributed by atoms with E-state index < -0.39 is 0 Å². The van der Waals surface area contributed by atoms with Crippen molar-refractivity contribution in [1.82, 2.24) is 0 Å². The van der Waals surface area contributed by atoms with Gasteiger partial charge in [0.1, 0.15) is 11.9 Å². The number of nitrogens with one attached hydrogen (secondary N) is 1. The molecule has 0 aliphatic carbocycles. The summed E-state index contributed by atoms with van der Waals surface area (Å²) in [5, 5.41) is 12.3. The van der Waals surface area contributed by atoms with Gasteiger partial charge < -0.3 is 5.32 Å². The minimum Gasteiger partial charge on any atom is -0.380 e. The van der Waals surface area contributed by atoms with Crippen LogP contribution in [0.1, 0.15) is 22.3 Å². The third-order valence-electron chi connectivity index (χ3n) is 3.06. The van der Waals surface area contributed by atoms with Gasteiger partial charge in [-0.25, -0.2) is 4.39 Å². The van der Waals surface area contributed by atoms with Gasteiger partial charge in [-0.2, -0.15) is 5.26 Å². The largest absolute Gasteiger partial charge is 0.380 e. The van der Waals surface area contributed by atoms with E-state index in [1.807, 2.05) is 38.1 Å². The fraction of sp³-hybridized carbons (Fsp3) is 0.188. The number of halogens is 1. The molecule has 0 aliphatic heterocycles. The molecule has 3 heteroatoms. The fourth-order valence-corrected chi connectivity index (χ4v) is 1.99. The van der Waals surface area contributed by atoms with E-state index in [1.165, 1.54) is 6.07 Å². The maximum Gasteiger partial charge on any atom is 0.128 e. The molecule has 0 bridgehead atoms. The van der Waals surface area contributed by atoms with Crippen LogP contribution in [0.25, 0.3) is 0 Å². The summed E-state index contributed by atoms with van der Waals surface area (Å²) in [5.41, 5.74) is 3.88. The Balaban J connectivity index is 2.22. The average Bonchev–Trinajstić information content (AvgIpc) is 2.40. The lowest BCUT2D eigenvalue weighted by molar-refractivity contribution is 0.612. The van der Waals surface area contributed by atoms with Crippen molar-refractivity contribution in [1.29, 1.82) is 5.26 Å². The van der Waals surface area contributed by atoms with Gasteiger partial charge in [0.25, 0.3) is 0 Å². The Morgan fingerprint density at radius 2 is 2.00 bits per heavy atom. The number of anilines is 1. The maximum atomic E-state index is 13.6. The first kappa shape index (κ1) is 13.1. The smallest absolute Gasteiger partial charge is 0.128 e. The SMILES string of the molecule is Cc1ccc(F)c(CNc2cccc(C)c2C#N)c1. The molecule has 0 fully saturated rings. The minimum atomic E-state index is -0.232. The van der Waals surface area contributed by atoms with E-state index in [0.29, 0.717) is 17.7 Å². The Bertz CT molecular complexity index is 642. The molecule has 2 aromatic rings. The number of rotatable bonds is 3. The molecule has 96 valence electrons. The molecule has 0 atom stereocenters. The van der Waals surface area contributed by atoms with Crippen LogP contribution in [0.4, 0.5) is 10.1 Å². The van der Waals surface area contributed by atoms with Gasteiger partial charge in [-0.15, -0.1) is 0 Å². The van der Waals surface area contributed by atoms with Crippen molar-refractivity contribution in [3.8, 4) is 6.07 Å². The predicted octanol–water partition coefficient (Wildman–Crippen LogP) is 3.93. The van der Waals surface area contributed by atoms with Crippen LogP contribution in [0.3, 0.4) is 0 Å². The molecule has 0 unspecified atom stereocenters. The lowest BCUT2D eigenvalue weighted by atomic mass is 10.1. The van der Waals surface area contributed by atoms with E-state index in [2.05, 4.69) is 11.4 Å². The molecule has 2 rings (SSSR count). The van der Waals surface area contributed by atoms with Gasteiger partial charge >= 0.3 is 0 Å². The van der Waals surface area contributed by atoms with Crippen LogP contribution in [0.15, 0.2) is 36.4 Å². The molecule has 2 nitrogen and oxygen atoms in total. The molecule has 0 radical (unpaired) electrons. The molecule has 19 heavy (non-hydrogen) atoms. The summed E-state index contributed by atoms with van der Waals surface area (Å²) in [6, 6.07) is 12.8. The summed E-state index contributed by atoms with van der Waals surface area (Å²) in [6.45, 7) is 4.18. The van der Waals surface area contributed by atoms with Gasteiger partial charge in [-0.05, 0) is 31.5 Å². The van der Waals surface area contributed by atoms with Gasteiger partial charge in [-0.1, -0.05) is 29.8 Å². The summed E-state index contributed by atoms with van der Waals surface area (Å²) in [4.78, 5) is 0. The number of hydrogen-bond acceptors (Lipinski definition) is 2. The Morgan fingerprint density at radius 3 is 2.74 bits per heavy atom. The first-order chi connectivity index (χ1) is 9.11. The summed E-state index contributed by atoms with van der Waals surface area (Å²) >= 11 is 0. The summed E-state index contributed by atoms with van der Waals surface area (Å²) < 4.78 is 13.6. The Labute approximate surface area is 112 Å². The lowest BCUT2D eigenvalue weighted by Gasteiger charge is -2.11. The molecule has 1 N–H and O–H groups in total. The van der Waals surface area contributed by atoms with E-state index in [1.54, 1.807) is 6.07 Å². The van der Waals surface area contributed by atoms with Crippen molar-refractivity contribution in [3.05, 3.63) is 64.5 Å². The first-order valence-corrected chi connectivity index (χ1v) is 6.10. The highest BCUT2D eigenvalue weighted by atomic mass is 19.1. The van der Waals surface area contributed by atoms with Gasteiger partial charge in [0.2, 0.25) is 0 Å². The third-order valence-corrected chi connectivity index (χ3v) is 3.06. The molecule has 0 aliphatic rings. The van der Waals surface area contributed by atoms with Gasteiger partial charge in [0.15, 0.2) is 0 Å². The number of hydrogen-bond donors (Lipinski definition) is 1. The van der Waals surface area contributed by atoms with E-state index >= 15 is 0 Å². The minimum absolute atomic E-state index is 0.232. The molecule has 0 saturated carbocycles. The van der Waals surface area contributed by atoms with E-state index in [9.17, 15) is 4.39 Å². The highest BCUT2D eigenvalue weighted by molar-refractivity contribution is 5.60. The van der Waals surface area contributed by atoms with Crippen LogP contribution in [-0.4, -0.2) is 0 Å². The van der Waals surface area contributed by atoms with Crippen molar-refractivity contribution in [2.75, 3.05) is 5.32 Å². The molecule has 2 aromatic carbocycles. The van der Waals surface area contributed by atoms with E-state index in [-0.39, 0.29) is 5.82 Å². The number of nitrogens with zero attached hydrogens (tertiary/aromatic N) is 1. The van der Waals surface area contributed by atoms with E-state index in [4.69, 9.17) is 5.26 Å². The fourth-order valence-electron chi connectivity index (χ4n) is 1.99. The van der Waals surface area contributed by atoms with Crippen LogP contribution in [0.2, 0.25) is 0 Å². The average molecular weight is 254 g/mol. The van der Waals surface area contributed by atoms with Crippen LogP contribution in [-0.2, 0) is 6.54 Å². The second-order valence-corrected chi connectivity index (χ2v) is 4.56. The molecule has 0 amide bonds. The summed E-state index contributed by atoms with van der Waals surface area (Å²) in [7, 11) is 0. The lowest BCUT2D eigenvalue weighted by Crippen LogP contribution is -2.04. The van der Waals surface area contributed by atoms with Gasteiger partial charge in [-0.3, -0.25) is 0 Å². The highest BCUT2D eigenvalue weighted by Crippen LogP contribution is 2.20. The van der Waals surface area contributed by atoms with E-state index in [0.717, 1.165) is 16.8 Å². The molecular weight excluding hydrogens is 239 g/mol. The zero-order chi connectivity index (χ0) is 13.8. The molecule has 0 aromatic heterocycles.